The zero-order valence-electron chi connectivity index (χ0n) is 20.5. The fourth-order valence-electron chi connectivity index (χ4n) is 4.59. The van der Waals surface area contributed by atoms with Crippen LogP contribution in [0.5, 0.6) is 0 Å². The molecule has 0 aliphatic carbocycles. The highest BCUT2D eigenvalue weighted by Gasteiger charge is 2.10. The van der Waals surface area contributed by atoms with Crippen LogP contribution in [0.15, 0.2) is 48.7 Å². The van der Waals surface area contributed by atoms with Crippen molar-refractivity contribution in [1.82, 2.24) is 9.88 Å². The number of hydrogen-bond donors (Lipinski definition) is 2. The van der Waals surface area contributed by atoms with Gasteiger partial charge in [-0.1, -0.05) is 41.5 Å². The molecular weight excluding hydrogens is 392 g/mol. The molecule has 1 aromatic heterocycles. The van der Waals surface area contributed by atoms with Gasteiger partial charge in [-0.2, -0.15) is 0 Å². The van der Waals surface area contributed by atoms with Gasteiger partial charge in [0.1, 0.15) is 0 Å². The Morgan fingerprint density at radius 2 is 1.16 bits per heavy atom. The van der Waals surface area contributed by atoms with Crippen LogP contribution >= 0.6 is 0 Å². The van der Waals surface area contributed by atoms with Gasteiger partial charge in [-0.25, -0.2) is 0 Å². The number of benzene rings is 2. The zero-order chi connectivity index (χ0) is 23.1. The van der Waals surface area contributed by atoms with E-state index in [9.17, 15) is 0 Å². The lowest BCUT2D eigenvalue weighted by atomic mass is 10.1. The topological polar surface area (TPSA) is 40.2 Å². The highest BCUT2D eigenvalue weighted by molar-refractivity contribution is 5.59. The molecule has 0 atom stereocenters. The van der Waals surface area contributed by atoms with Crippen molar-refractivity contribution in [2.24, 2.45) is 0 Å². The van der Waals surface area contributed by atoms with Crippen molar-refractivity contribution in [3.05, 3.63) is 87.7 Å². The van der Waals surface area contributed by atoms with Gasteiger partial charge in [-0.3, -0.25) is 9.88 Å². The highest BCUT2D eigenvalue weighted by Crippen LogP contribution is 2.22. The van der Waals surface area contributed by atoms with Crippen LogP contribution in [0.25, 0.3) is 0 Å². The Morgan fingerprint density at radius 3 is 1.56 bits per heavy atom. The summed E-state index contributed by atoms with van der Waals surface area (Å²) in [4.78, 5) is 7.02. The van der Waals surface area contributed by atoms with Gasteiger partial charge in [0.25, 0.3) is 0 Å². The van der Waals surface area contributed by atoms with Gasteiger partial charge in [-0.15, -0.1) is 0 Å². The SMILES string of the molecule is Cc1cc(C)c(NCCN(CCNc2c(C)cc(C)cc2C)Cc2ccccn2)c(C)c1. The number of anilines is 2. The van der Waals surface area contributed by atoms with Gasteiger partial charge in [0.15, 0.2) is 0 Å². The molecule has 0 unspecified atom stereocenters. The Labute approximate surface area is 194 Å². The number of rotatable bonds is 10. The van der Waals surface area contributed by atoms with Gasteiger partial charge >= 0.3 is 0 Å². The van der Waals surface area contributed by atoms with E-state index in [0.29, 0.717) is 0 Å². The maximum Gasteiger partial charge on any atom is 0.0543 e. The van der Waals surface area contributed by atoms with E-state index in [0.717, 1.165) is 38.4 Å². The van der Waals surface area contributed by atoms with Crippen LogP contribution in [0, 0.1) is 41.5 Å². The lowest BCUT2D eigenvalue weighted by Crippen LogP contribution is -2.33. The number of aryl methyl sites for hydroxylation is 6. The molecule has 0 bridgehead atoms. The molecule has 0 fully saturated rings. The van der Waals surface area contributed by atoms with Crippen molar-refractivity contribution in [2.45, 2.75) is 48.1 Å². The van der Waals surface area contributed by atoms with Gasteiger partial charge in [0, 0.05) is 50.3 Å². The molecule has 170 valence electrons. The number of aromatic nitrogens is 1. The maximum absolute atomic E-state index is 4.54. The summed E-state index contributed by atoms with van der Waals surface area (Å²) in [5.74, 6) is 0. The van der Waals surface area contributed by atoms with Gasteiger partial charge < -0.3 is 10.6 Å². The van der Waals surface area contributed by atoms with Crippen molar-refractivity contribution < 1.29 is 0 Å². The summed E-state index contributed by atoms with van der Waals surface area (Å²) in [6.07, 6.45) is 1.88. The highest BCUT2D eigenvalue weighted by atomic mass is 15.2. The summed E-state index contributed by atoms with van der Waals surface area (Å²) in [6.45, 7) is 17.6. The first-order valence-corrected chi connectivity index (χ1v) is 11.6. The Hall–Kier alpha value is -2.85. The minimum Gasteiger partial charge on any atom is -0.383 e. The van der Waals surface area contributed by atoms with Crippen LogP contribution in [-0.2, 0) is 6.54 Å². The predicted octanol–water partition coefficient (Wildman–Crippen LogP) is 5.96. The second kappa shape index (κ2) is 11.1. The predicted molar refractivity (Wildman–Crippen MR) is 138 cm³/mol. The standard InChI is InChI=1S/C28H38N4/c1-20-15-22(3)27(23(4)16-20)30-11-13-32(19-26-9-7-8-10-29-26)14-12-31-28-24(5)17-21(2)18-25(28)6/h7-10,15-18,30-31H,11-14,19H2,1-6H3. The molecule has 0 spiro atoms. The van der Waals surface area contributed by atoms with Crippen LogP contribution in [-0.4, -0.2) is 36.1 Å². The summed E-state index contributed by atoms with van der Waals surface area (Å²) >= 11 is 0. The number of hydrogen-bond acceptors (Lipinski definition) is 4. The van der Waals surface area contributed by atoms with Crippen LogP contribution in [0.4, 0.5) is 11.4 Å². The molecule has 32 heavy (non-hydrogen) atoms. The van der Waals surface area contributed by atoms with Crippen molar-refractivity contribution in [3.63, 3.8) is 0 Å². The quantitative estimate of drug-likeness (QED) is 0.416. The Balaban J connectivity index is 1.62. The van der Waals surface area contributed by atoms with Gasteiger partial charge in [0.2, 0.25) is 0 Å². The zero-order valence-corrected chi connectivity index (χ0v) is 20.5. The lowest BCUT2D eigenvalue weighted by Gasteiger charge is -2.24. The van der Waals surface area contributed by atoms with Gasteiger partial charge in [-0.05, 0) is 75.9 Å². The monoisotopic (exact) mass is 430 g/mol. The minimum atomic E-state index is 0.849. The Bertz CT molecular complexity index is 917. The van der Waals surface area contributed by atoms with Gasteiger partial charge in [0.05, 0.1) is 5.69 Å². The number of pyridine rings is 1. The molecule has 0 radical (unpaired) electrons. The minimum absolute atomic E-state index is 0.849. The number of nitrogens with zero attached hydrogens (tertiary/aromatic N) is 2. The Kier molecular flexibility index (Phi) is 8.29. The summed E-state index contributed by atoms with van der Waals surface area (Å²) in [5, 5.41) is 7.35. The van der Waals surface area contributed by atoms with E-state index >= 15 is 0 Å². The second-order valence-electron chi connectivity index (χ2n) is 9.00. The first kappa shape index (κ1) is 23.8. The molecular formula is C28H38N4. The molecule has 3 rings (SSSR count). The smallest absolute Gasteiger partial charge is 0.0543 e. The van der Waals surface area contributed by atoms with Crippen LogP contribution in [0.3, 0.4) is 0 Å². The van der Waals surface area contributed by atoms with Crippen LogP contribution in [0.2, 0.25) is 0 Å². The van der Waals surface area contributed by atoms with E-state index in [-0.39, 0.29) is 0 Å². The molecule has 1 heterocycles. The summed E-state index contributed by atoms with van der Waals surface area (Å²) < 4.78 is 0. The van der Waals surface area contributed by atoms with Crippen molar-refractivity contribution in [3.8, 4) is 0 Å². The van der Waals surface area contributed by atoms with Crippen molar-refractivity contribution in [2.75, 3.05) is 36.8 Å². The lowest BCUT2D eigenvalue weighted by molar-refractivity contribution is 0.283. The average Bonchev–Trinajstić information content (AvgIpc) is 2.72. The molecule has 4 heteroatoms. The van der Waals surface area contributed by atoms with Crippen LogP contribution in [0.1, 0.15) is 39.1 Å². The number of nitrogens with one attached hydrogen (secondary N) is 2. The fourth-order valence-corrected chi connectivity index (χ4v) is 4.59. The largest absolute Gasteiger partial charge is 0.383 e. The summed E-state index contributed by atoms with van der Waals surface area (Å²) in [5.41, 5.74) is 11.5. The van der Waals surface area contributed by atoms with E-state index in [4.69, 9.17) is 0 Å². The Morgan fingerprint density at radius 1 is 0.688 bits per heavy atom. The molecule has 2 N–H and O–H groups in total. The fraction of sp³-hybridized carbons (Fsp3) is 0.393. The van der Waals surface area contributed by atoms with E-state index in [1.807, 2.05) is 12.3 Å². The molecule has 0 saturated heterocycles. The summed E-state index contributed by atoms with van der Waals surface area (Å²) in [6, 6.07) is 15.1. The molecule has 0 amide bonds. The first-order chi connectivity index (χ1) is 15.3. The van der Waals surface area contributed by atoms with E-state index in [2.05, 4.69) is 98.5 Å². The summed E-state index contributed by atoms with van der Waals surface area (Å²) in [7, 11) is 0. The van der Waals surface area contributed by atoms with Crippen molar-refractivity contribution in [1.29, 1.82) is 0 Å². The third kappa shape index (κ3) is 6.57. The maximum atomic E-state index is 4.54. The molecule has 0 aliphatic rings. The molecule has 3 aromatic rings. The molecule has 4 nitrogen and oxygen atoms in total. The van der Waals surface area contributed by atoms with E-state index in [1.54, 1.807) is 0 Å². The normalized spacial score (nSPS) is 11.1. The third-order valence-corrected chi connectivity index (χ3v) is 5.93. The third-order valence-electron chi connectivity index (χ3n) is 5.93. The molecule has 2 aromatic carbocycles. The van der Waals surface area contributed by atoms with E-state index < -0.39 is 0 Å². The van der Waals surface area contributed by atoms with Crippen LogP contribution < -0.4 is 10.6 Å². The van der Waals surface area contributed by atoms with E-state index in [1.165, 1.54) is 44.8 Å². The molecule has 0 saturated carbocycles. The second-order valence-corrected chi connectivity index (χ2v) is 9.00. The first-order valence-electron chi connectivity index (χ1n) is 11.6. The van der Waals surface area contributed by atoms with Crippen molar-refractivity contribution >= 4 is 11.4 Å². The average molecular weight is 431 g/mol. The molecule has 0 aliphatic heterocycles.